The smallest absolute Gasteiger partial charge is 0.240 e. The number of anilines is 1. The van der Waals surface area contributed by atoms with Crippen LogP contribution in [0.2, 0.25) is 5.02 Å². The van der Waals surface area contributed by atoms with Gasteiger partial charge < -0.3 is 0 Å². The van der Waals surface area contributed by atoms with E-state index in [0.29, 0.717) is 10.7 Å². The molecule has 0 radical (unpaired) electrons. The van der Waals surface area contributed by atoms with Gasteiger partial charge in [-0.05, 0) is 18.2 Å². The van der Waals surface area contributed by atoms with Crippen molar-refractivity contribution in [2.75, 3.05) is 4.90 Å². The third-order valence-electron chi connectivity index (χ3n) is 4.98. The number of hydrogen-bond donors (Lipinski definition) is 0. The molecule has 132 valence electrons. The van der Waals surface area contributed by atoms with Gasteiger partial charge in [0.15, 0.2) is 4.33 Å². The number of carbonyl (C=O) groups excluding carboxylic acids is 2. The molecule has 0 aromatic heterocycles. The third-order valence-corrected chi connectivity index (χ3v) is 9.47. The van der Waals surface area contributed by atoms with Crippen molar-refractivity contribution in [3.8, 4) is 0 Å². The van der Waals surface area contributed by atoms with Crippen LogP contribution in [-0.4, -0.2) is 25.9 Å². The summed E-state index contributed by atoms with van der Waals surface area (Å²) in [5.41, 5.74) is 0.291. The van der Waals surface area contributed by atoms with Crippen LogP contribution in [0.5, 0.6) is 0 Å². The molecule has 4 atom stereocenters. The van der Waals surface area contributed by atoms with Crippen molar-refractivity contribution in [1.29, 1.82) is 0 Å². The first-order chi connectivity index (χ1) is 11.5. The predicted molar refractivity (Wildman–Crippen MR) is 101 cm³/mol. The van der Waals surface area contributed by atoms with Gasteiger partial charge in [0.2, 0.25) is 11.8 Å². The second-order valence-corrected chi connectivity index (χ2v) is 9.79. The standard InChI is InChI=1S/C15H6Cl7NO2/c16-5-2-1-3-6(4-5)23-11(24)7-8(12(23)25)14(20)10(18)9(17)13(7,19)15(14,21)22/h1-4,7-8H/t7-,8-,13-,14-/m1/s1. The summed E-state index contributed by atoms with van der Waals surface area (Å²) in [6.07, 6.45) is 0. The fraction of sp³-hybridized carbons (Fsp3) is 0.333. The molecule has 1 saturated carbocycles. The number of allylic oxidation sites excluding steroid dienone is 2. The molecular formula is C15H6Cl7NO2. The lowest BCUT2D eigenvalue weighted by Gasteiger charge is -2.34. The first kappa shape index (κ1) is 18.5. The van der Waals surface area contributed by atoms with E-state index in [2.05, 4.69) is 0 Å². The Kier molecular flexibility index (Phi) is 3.96. The number of fused-ring (bicyclic) bond motifs is 5. The van der Waals surface area contributed by atoms with E-state index < -0.39 is 37.7 Å². The largest absolute Gasteiger partial charge is 0.274 e. The Balaban J connectivity index is 1.92. The average molecular weight is 480 g/mol. The van der Waals surface area contributed by atoms with Crippen LogP contribution in [0.1, 0.15) is 0 Å². The zero-order chi connectivity index (χ0) is 18.5. The van der Waals surface area contributed by atoms with Crippen molar-refractivity contribution in [2.24, 2.45) is 11.8 Å². The summed E-state index contributed by atoms with van der Waals surface area (Å²) in [6, 6.07) is 6.27. The summed E-state index contributed by atoms with van der Waals surface area (Å²) in [5, 5.41) is 0.120. The van der Waals surface area contributed by atoms with E-state index in [1.807, 2.05) is 0 Å². The number of halogens is 7. The molecule has 2 aliphatic carbocycles. The summed E-state index contributed by atoms with van der Waals surface area (Å²) >= 11 is 44.5. The van der Waals surface area contributed by atoms with Gasteiger partial charge in [-0.1, -0.05) is 64.1 Å². The van der Waals surface area contributed by atoms with Crippen LogP contribution in [0.3, 0.4) is 0 Å². The summed E-state index contributed by atoms with van der Waals surface area (Å²) in [7, 11) is 0. The minimum atomic E-state index is -1.93. The fourth-order valence-corrected chi connectivity index (χ4v) is 6.98. The molecule has 0 unspecified atom stereocenters. The van der Waals surface area contributed by atoms with Crippen molar-refractivity contribution in [3.63, 3.8) is 0 Å². The molecule has 3 aliphatic rings. The number of hydrogen-bond acceptors (Lipinski definition) is 2. The Morgan fingerprint density at radius 2 is 1.32 bits per heavy atom. The Labute approximate surface area is 177 Å². The molecule has 1 heterocycles. The average Bonchev–Trinajstić information content (AvgIpc) is 2.92. The Morgan fingerprint density at radius 3 is 1.76 bits per heavy atom. The highest BCUT2D eigenvalue weighted by atomic mass is 35.5. The lowest BCUT2D eigenvalue weighted by Crippen LogP contribution is -2.50. The number of alkyl halides is 4. The van der Waals surface area contributed by atoms with E-state index >= 15 is 0 Å². The highest BCUT2D eigenvalue weighted by Crippen LogP contribution is 2.77. The molecule has 2 amide bonds. The van der Waals surface area contributed by atoms with E-state index in [9.17, 15) is 9.59 Å². The first-order valence-electron chi connectivity index (χ1n) is 6.96. The second-order valence-electron chi connectivity index (χ2n) is 6.07. The minimum Gasteiger partial charge on any atom is -0.274 e. The highest BCUT2D eigenvalue weighted by molar-refractivity contribution is 6.67. The molecule has 1 aromatic rings. The maximum atomic E-state index is 13.1. The lowest BCUT2D eigenvalue weighted by atomic mass is 9.84. The van der Waals surface area contributed by atoms with Gasteiger partial charge in [0.1, 0.15) is 9.75 Å². The third kappa shape index (κ3) is 1.84. The molecule has 1 aliphatic heterocycles. The van der Waals surface area contributed by atoms with Gasteiger partial charge >= 0.3 is 0 Å². The van der Waals surface area contributed by atoms with Crippen molar-refractivity contribution >= 4 is 98.7 Å². The number of amides is 2. The van der Waals surface area contributed by atoms with Gasteiger partial charge in [-0.3, -0.25) is 9.59 Å². The molecule has 3 nitrogen and oxygen atoms in total. The van der Waals surface area contributed by atoms with Crippen LogP contribution in [-0.2, 0) is 9.59 Å². The normalized spacial score (nSPS) is 38.8. The van der Waals surface area contributed by atoms with Crippen LogP contribution in [0, 0.1) is 11.8 Å². The van der Waals surface area contributed by atoms with Gasteiger partial charge in [0, 0.05) is 5.02 Å². The fourth-order valence-electron chi connectivity index (χ4n) is 3.86. The van der Waals surface area contributed by atoms with Crippen molar-refractivity contribution < 1.29 is 9.59 Å². The zero-order valence-corrected chi connectivity index (χ0v) is 17.2. The number of imide groups is 1. The number of rotatable bonds is 1. The SMILES string of the molecule is O=C1[C@H]2[C@H](C(=O)N1c1cccc(Cl)c1)[C@@]1(Cl)C(Cl)=C(Cl)[C@@]2(Cl)C1(Cl)Cl. The Bertz CT molecular complexity index is 838. The van der Waals surface area contributed by atoms with Gasteiger partial charge in [0.05, 0.1) is 27.6 Å². The van der Waals surface area contributed by atoms with Crippen molar-refractivity contribution in [2.45, 2.75) is 14.1 Å². The summed E-state index contributed by atoms with van der Waals surface area (Å²) in [6.45, 7) is 0. The van der Waals surface area contributed by atoms with Crippen LogP contribution >= 0.6 is 81.2 Å². The van der Waals surface area contributed by atoms with E-state index in [4.69, 9.17) is 81.2 Å². The number of nitrogens with zero attached hydrogens (tertiary/aromatic N) is 1. The van der Waals surface area contributed by atoms with Crippen LogP contribution in [0.15, 0.2) is 34.3 Å². The summed E-state index contributed by atoms with van der Waals surface area (Å²) in [5.74, 6) is -3.52. The van der Waals surface area contributed by atoms with Crippen LogP contribution in [0.4, 0.5) is 5.69 Å². The highest BCUT2D eigenvalue weighted by Gasteiger charge is 2.87. The number of benzene rings is 1. The Morgan fingerprint density at radius 1 is 0.840 bits per heavy atom. The van der Waals surface area contributed by atoms with Crippen molar-refractivity contribution in [1.82, 2.24) is 0 Å². The topological polar surface area (TPSA) is 37.4 Å². The minimum absolute atomic E-state index is 0.119. The summed E-state index contributed by atoms with van der Waals surface area (Å²) < 4.78 is -1.93. The number of carbonyl (C=O) groups is 2. The predicted octanol–water partition coefficient (Wildman–Crippen LogP) is 5.29. The van der Waals surface area contributed by atoms with E-state index in [0.717, 1.165) is 4.90 Å². The molecule has 2 fully saturated rings. The summed E-state index contributed by atoms with van der Waals surface area (Å²) in [4.78, 5) is 23.5. The maximum absolute atomic E-state index is 13.1. The first-order valence-corrected chi connectivity index (χ1v) is 9.61. The van der Waals surface area contributed by atoms with E-state index in [-0.39, 0.29) is 10.1 Å². The molecular weight excluding hydrogens is 474 g/mol. The molecule has 1 saturated heterocycles. The van der Waals surface area contributed by atoms with E-state index in [1.165, 1.54) is 6.07 Å². The molecule has 4 rings (SSSR count). The zero-order valence-electron chi connectivity index (χ0n) is 11.9. The molecule has 0 N–H and O–H groups in total. The molecule has 1 aromatic carbocycles. The molecule has 10 heteroatoms. The van der Waals surface area contributed by atoms with Gasteiger partial charge in [0.25, 0.3) is 0 Å². The molecule has 2 bridgehead atoms. The Hall–Kier alpha value is 0.130. The van der Waals surface area contributed by atoms with Gasteiger partial charge in [-0.2, -0.15) is 0 Å². The van der Waals surface area contributed by atoms with Gasteiger partial charge in [-0.15, -0.1) is 23.2 Å². The van der Waals surface area contributed by atoms with Crippen molar-refractivity contribution in [3.05, 3.63) is 39.4 Å². The quantitative estimate of drug-likeness (QED) is 0.405. The van der Waals surface area contributed by atoms with Gasteiger partial charge in [-0.25, -0.2) is 4.90 Å². The monoisotopic (exact) mass is 477 g/mol. The van der Waals surface area contributed by atoms with E-state index in [1.54, 1.807) is 18.2 Å². The molecule has 25 heavy (non-hydrogen) atoms. The maximum Gasteiger partial charge on any atom is 0.240 e. The molecule has 0 spiro atoms. The van der Waals surface area contributed by atoms with Crippen LogP contribution < -0.4 is 4.90 Å². The lowest BCUT2D eigenvalue weighted by molar-refractivity contribution is -0.123. The second kappa shape index (κ2) is 5.35. The van der Waals surface area contributed by atoms with Crippen LogP contribution in [0.25, 0.3) is 0 Å².